The zero-order chi connectivity index (χ0) is 17.0. The van der Waals surface area contributed by atoms with Crippen molar-refractivity contribution in [1.29, 1.82) is 0 Å². The Morgan fingerprint density at radius 2 is 1.74 bits per heavy atom. The summed E-state index contributed by atoms with van der Waals surface area (Å²) in [5, 5.41) is 0. The molecular weight excluding hydrogens is 287 g/mol. The van der Waals surface area contributed by atoms with Gasteiger partial charge in [-0.05, 0) is 59.1 Å². The van der Waals surface area contributed by atoms with Gasteiger partial charge in [0, 0.05) is 12.5 Å². The first-order valence-electron chi connectivity index (χ1n) is 8.52. The third-order valence-electron chi connectivity index (χ3n) is 5.14. The monoisotopic (exact) mass is 314 g/mol. The molecule has 1 saturated heterocycles. The minimum absolute atomic E-state index is 0.321. The van der Waals surface area contributed by atoms with E-state index in [0.717, 1.165) is 23.2 Å². The Morgan fingerprint density at radius 1 is 1.13 bits per heavy atom. The number of aryl methyl sites for hydroxylation is 1. The molecule has 0 atom stereocenters. The van der Waals surface area contributed by atoms with Crippen LogP contribution >= 0.6 is 0 Å². The summed E-state index contributed by atoms with van der Waals surface area (Å²) < 4.78 is 14.6. The van der Waals surface area contributed by atoms with Crippen molar-refractivity contribution in [1.82, 2.24) is 9.55 Å². The fraction of sp³-hybridized carbons (Fsp3) is 0.611. The summed E-state index contributed by atoms with van der Waals surface area (Å²) in [5.74, 6) is 1.13. The van der Waals surface area contributed by atoms with Crippen LogP contribution in [0.25, 0.3) is 11.0 Å². The van der Waals surface area contributed by atoms with Crippen LogP contribution in [0.2, 0.25) is 0 Å². The second-order valence-corrected chi connectivity index (χ2v) is 7.68. The number of fused-ring (bicyclic) bond motifs is 1. The summed E-state index contributed by atoms with van der Waals surface area (Å²) in [6, 6.07) is 6.75. The van der Waals surface area contributed by atoms with E-state index < -0.39 is 0 Å². The first kappa shape index (κ1) is 16.5. The average Bonchev–Trinajstić information content (AvgIpc) is 2.92. The minimum Gasteiger partial charge on any atom is -0.399 e. The van der Waals surface area contributed by atoms with Crippen molar-refractivity contribution in [2.75, 3.05) is 0 Å². The maximum absolute atomic E-state index is 6.15. The van der Waals surface area contributed by atoms with Crippen LogP contribution in [0, 0.1) is 0 Å². The van der Waals surface area contributed by atoms with Crippen molar-refractivity contribution in [2.24, 2.45) is 0 Å². The van der Waals surface area contributed by atoms with Gasteiger partial charge in [-0.25, -0.2) is 4.98 Å². The lowest BCUT2D eigenvalue weighted by molar-refractivity contribution is 0.00578. The van der Waals surface area contributed by atoms with Crippen molar-refractivity contribution < 1.29 is 9.31 Å². The molecule has 1 aromatic carbocycles. The maximum atomic E-state index is 6.15. The highest BCUT2D eigenvalue weighted by molar-refractivity contribution is 6.62. The lowest BCUT2D eigenvalue weighted by atomic mass is 9.79. The largest absolute Gasteiger partial charge is 0.494 e. The van der Waals surface area contributed by atoms with E-state index in [2.05, 4.69) is 71.2 Å². The molecule has 1 aromatic heterocycles. The summed E-state index contributed by atoms with van der Waals surface area (Å²) in [4.78, 5) is 4.81. The van der Waals surface area contributed by atoms with Gasteiger partial charge in [-0.15, -0.1) is 0 Å². The molecule has 0 unspecified atom stereocenters. The first-order chi connectivity index (χ1) is 10.7. The van der Waals surface area contributed by atoms with Crippen LogP contribution in [0.1, 0.15) is 60.3 Å². The van der Waals surface area contributed by atoms with E-state index in [9.17, 15) is 0 Å². The van der Waals surface area contributed by atoms with Crippen molar-refractivity contribution in [2.45, 2.75) is 72.1 Å². The Labute approximate surface area is 139 Å². The summed E-state index contributed by atoms with van der Waals surface area (Å²) in [7, 11) is -0.335. The summed E-state index contributed by atoms with van der Waals surface area (Å²) in [6.07, 6.45) is 0.929. The fourth-order valence-electron chi connectivity index (χ4n) is 3.12. The van der Waals surface area contributed by atoms with Crippen molar-refractivity contribution in [3.8, 4) is 0 Å². The number of nitrogens with zero attached hydrogens (tertiary/aromatic N) is 2. The quantitative estimate of drug-likeness (QED) is 0.814. The Kier molecular flexibility index (Phi) is 3.85. The predicted octanol–water partition coefficient (Wildman–Crippen LogP) is 3.48. The van der Waals surface area contributed by atoms with E-state index in [-0.39, 0.29) is 18.3 Å². The van der Waals surface area contributed by atoms with Crippen LogP contribution in [-0.2, 0) is 15.7 Å². The van der Waals surface area contributed by atoms with Crippen LogP contribution in [0.15, 0.2) is 18.2 Å². The van der Waals surface area contributed by atoms with Crippen molar-refractivity contribution in [3.05, 3.63) is 24.0 Å². The van der Waals surface area contributed by atoms with E-state index in [1.807, 2.05) is 0 Å². The van der Waals surface area contributed by atoms with E-state index in [0.29, 0.717) is 6.04 Å². The lowest BCUT2D eigenvalue weighted by Crippen LogP contribution is -2.41. The van der Waals surface area contributed by atoms with Gasteiger partial charge in [0.25, 0.3) is 0 Å². The van der Waals surface area contributed by atoms with Gasteiger partial charge in [0.2, 0.25) is 0 Å². The minimum atomic E-state index is -0.335. The molecule has 23 heavy (non-hydrogen) atoms. The lowest BCUT2D eigenvalue weighted by Gasteiger charge is -2.32. The highest BCUT2D eigenvalue weighted by Crippen LogP contribution is 2.36. The van der Waals surface area contributed by atoms with Crippen molar-refractivity contribution in [3.63, 3.8) is 0 Å². The zero-order valence-corrected chi connectivity index (χ0v) is 15.3. The topological polar surface area (TPSA) is 36.3 Å². The number of imidazole rings is 1. The van der Waals surface area contributed by atoms with E-state index in [1.54, 1.807) is 0 Å². The van der Waals surface area contributed by atoms with Gasteiger partial charge in [-0.1, -0.05) is 13.0 Å². The van der Waals surface area contributed by atoms with Crippen LogP contribution in [0.3, 0.4) is 0 Å². The van der Waals surface area contributed by atoms with Gasteiger partial charge in [-0.3, -0.25) is 0 Å². The Hall–Kier alpha value is -1.33. The van der Waals surface area contributed by atoms with Gasteiger partial charge < -0.3 is 13.9 Å². The molecule has 0 spiro atoms. The van der Waals surface area contributed by atoms with E-state index in [1.165, 1.54) is 5.52 Å². The number of aromatic nitrogens is 2. The number of rotatable bonds is 3. The fourth-order valence-corrected chi connectivity index (χ4v) is 3.12. The standard InChI is InChI=1S/C18H27BN2O2/c1-8-16-20-14-11-13(9-10-15(14)21(16)12(2)3)19-22-17(4,5)18(6,7)23-19/h9-12H,8H2,1-7H3. The summed E-state index contributed by atoms with van der Waals surface area (Å²) in [6.45, 7) is 14.9. The SMILES string of the molecule is CCc1nc2cc(B3OC(C)(C)C(C)(C)O3)ccc2n1C(C)C. The molecule has 0 N–H and O–H groups in total. The van der Waals surface area contributed by atoms with Crippen LogP contribution in [0.4, 0.5) is 0 Å². The second kappa shape index (κ2) is 5.35. The van der Waals surface area contributed by atoms with Crippen LogP contribution < -0.4 is 5.46 Å². The summed E-state index contributed by atoms with van der Waals surface area (Å²) >= 11 is 0. The van der Waals surface area contributed by atoms with Gasteiger partial charge in [0.05, 0.1) is 22.2 Å². The van der Waals surface area contributed by atoms with Gasteiger partial charge in [-0.2, -0.15) is 0 Å². The molecule has 0 saturated carbocycles. The third kappa shape index (κ3) is 2.60. The molecule has 1 fully saturated rings. The zero-order valence-electron chi connectivity index (χ0n) is 15.3. The van der Waals surface area contributed by atoms with Gasteiger partial charge in [0.1, 0.15) is 5.82 Å². The molecule has 0 radical (unpaired) electrons. The van der Waals surface area contributed by atoms with Crippen LogP contribution in [-0.4, -0.2) is 27.9 Å². The predicted molar refractivity (Wildman–Crippen MR) is 95.2 cm³/mol. The van der Waals surface area contributed by atoms with Crippen molar-refractivity contribution >= 4 is 23.6 Å². The molecule has 1 aliphatic rings. The molecule has 4 nitrogen and oxygen atoms in total. The summed E-state index contributed by atoms with van der Waals surface area (Å²) in [5.41, 5.74) is 2.59. The molecule has 0 amide bonds. The second-order valence-electron chi connectivity index (χ2n) is 7.68. The molecule has 2 heterocycles. The Balaban J connectivity index is 2.02. The smallest absolute Gasteiger partial charge is 0.399 e. The molecule has 1 aliphatic heterocycles. The third-order valence-corrected chi connectivity index (χ3v) is 5.14. The number of benzene rings is 1. The Bertz CT molecular complexity index is 718. The van der Waals surface area contributed by atoms with Gasteiger partial charge in [0.15, 0.2) is 0 Å². The number of hydrogen-bond acceptors (Lipinski definition) is 3. The molecule has 3 rings (SSSR count). The molecular formula is C18H27BN2O2. The van der Waals surface area contributed by atoms with Crippen LogP contribution in [0.5, 0.6) is 0 Å². The Morgan fingerprint density at radius 3 is 2.26 bits per heavy atom. The molecule has 0 bridgehead atoms. The molecule has 2 aromatic rings. The van der Waals surface area contributed by atoms with Gasteiger partial charge >= 0.3 is 7.12 Å². The normalized spacial score (nSPS) is 19.9. The van der Waals surface area contributed by atoms with E-state index >= 15 is 0 Å². The number of hydrogen-bond donors (Lipinski definition) is 0. The maximum Gasteiger partial charge on any atom is 0.494 e. The van der Waals surface area contributed by atoms with E-state index in [4.69, 9.17) is 14.3 Å². The average molecular weight is 314 g/mol. The molecule has 0 aliphatic carbocycles. The molecule has 124 valence electrons. The molecule has 5 heteroatoms. The highest BCUT2D eigenvalue weighted by Gasteiger charge is 2.51. The highest BCUT2D eigenvalue weighted by atomic mass is 16.7. The first-order valence-corrected chi connectivity index (χ1v) is 8.52.